The molecule has 0 fully saturated rings. The third kappa shape index (κ3) is 3.45. The third-order valence-electron chi connectivity index (χ3n) is 5.23. The van der Waals surface area contributed by atoms with E-state index in [-0.39, 0.29) is 10.8 Å². The van der Waals surface area contributed by atoms with Crippen molar-refractivity contribution in [1.29, 1.82) is 0 Å². The molecule has 0 heterocycles. The van der Waals surface area contributed by atoms with E-state index >= 15 is 0 Å². The standard InChI is InChI=1S/C19H30O3/c1-8-18(4,5)14-10-13(12(3)17(21)22)11-15(16(14)20)19(6,7)9-2/h10-12,20H,8-9H2,1-7H3,(H,21,22). The molecule has 0 saturated heterocycles. The predicted molar refractivity (Wildman–Crippen MR) is 90.8 cm³/mol. The Bertz CT molecular complexity index is 519. The Labute approximate surface area is 134 Å². The molecule has 0 bridgehead atoms. The lowest BCUT2D eigenvalue weighted by molar-refractivity contribution is -0.138. The van der Waals surface area contributed by atoms with Crippen molar-refractivity contribution in [2.45, 2.75) is 78.1 Å². The Hall–Kier alpha value is -1.51. The summed E-state index contributed by atoms with van der Waals surface area (Å²) in [6, 6.07) is 3.74. The van der Waals surface area contributed by atoms with Gasteiger partial charge in [0.15, 0.2) is 0 Å². The van der Waals surface area contributed by atoms with Crippen molar-refractivity contribution in [3.05, 3.63) is 28.8 Å². The van der Waals surface area contributed by atoms with E-state index in [1.807, 2.05) is 12.1 Å². The molecule has 0 aliphatic heterocycles. The zero-order valence-corrected chi connectivity index (χ0v) is 14.9. The molecule has 0 amide bonds. The SMILES string of the molecule is CCC(C)(C)c1cc(C(C)C(=O)O)cc(C(C)(C)CC)c1O. The van der Waals surface area contributed by atoms with Gasteiger partial charge in [0.1, 0.15) is 5.75 Å². The van der Waals surface area contributed by atoms with Crippen LogP contribution in [-0.4, -0.2) is 16.2 Å². The first-order valence-corrected chi connectivity index (χ1v) is 8.08. The van der Waals surface area contributed by atoms with Crippen molar-refractivity contribution in [2.75, 3.05) is 0 Å². The molecule has 0 aliphatic carbocycles. The van der Waals surface area contributed by atoms with E-state index in [2.05, 4.69) is 41.5 Å². The first-order chi connectivity index (χ1) is 9.97. The summed E-state index contributed by atoms with van der Waals surface area (Å²) in [5.74, 6) is -1.11. The van der Waals surface area contributed by atoms with Gasteiger partial charge in [0, 0.05) is 11.1 Å². The maximum absolute atomic E-state index is 11.4. The summed E-state index contributed by atoms with van der Waals surface area (Å²) < 4.78 is 0. The molecule has 124 valence electrons. The van der Waals surface area contributed by atoms with Crippen LogP contribution in [0.1, 0.15) is 83.9 Å². The molecule has 3 heteroatoms. The second-order valence-electron chi connectivity index (χ2n) is 7.50. The van der Waals surface area contributed by atoms with Crippen LogP contribution >= 0.6 is 0 Å². The predicted octanol–water partition coefficient (Wildman–Crippen LogP) is 4.96. The van der Waals surface area contributed by atoms with Gasteiger partial charge >= 0.3 is 5.97 Å². The quantitative estimate of drug-likeness (QED) is 0.781. The smallest absolute Gasteiger partial charge is 0.310 e. The van der Waals surface area contributed by atoms with Crippen LogP contribution in [0.15, 0.2) is 12.1 Å². The maximum Gasteiger partial charge on any atom is 0.310 e. The fraction of sp³-hybridized carbons (Fsp3) is 0.632. The van der Waals surface area contributed by atoms with E-state index in [9.17, 15) is 15.0 Å². The molecule has 22 heavy (non-hydrogen) atoms. The molecule has 3 nitrogen and oxygen atoms in total. The van der Waals surface area contributed by atoms with Crippen molar-refractivity contribution < 1.29 is 15.0 Å². The van der Waals surface area contributed by atoms with Gasteiger partial charge in [0.05, 0.1) is 5.92 Å². The first kappa shape index (κ1) is 18.5. The molecule has 0 spiro atoms. The van der Waals surface area contributed by atoms with Crippen LogP contribution < -0.4 is 0 Å². The van der Waals surface area contributed by atoms with Gasteiger partial charge in [-0.1, -0.05) is 53.7 Å². The Morgan fingerprint density at radius 3 is 1.68 bits per heavy atom. The summed E-state index contributed by atoms with van der Waals surface area (Å²) >= 11 is 0. The van der Waals surface area contributed by atoms with E-state index in [1.165, 1.54) is 0 Å². The van der Waals surface area contributed by atoms with Crippen LogP contribution in [0.2, 0.25) is 0 Å². The Morgan fingerprint density at radius 1 is 1.05 bits per heavy atom. The van der Waals surface area contributed by atoms with Crippen LogP contribution in [0.4, 0.5) is 0 Å². The van der Waals surface area contributed by atoms with Crippen molar-refractivity contribution in [2.24, 2.45) is 0 Å². The molecule has 0 aromatic heterocycles. The van der Waals surface area contributed by atoms with Crippen LogP contribution in [0.3, 0.4) is 0 Å². The van der Waals surface area contributed by atoms with Gasteiger partial charge in [-0.15, -0.1) is 0 Å². The van der Waals surface area contributed by atoms with Gasteiger partial charge in [-0.25, -0.2) is 0 Å². The third-order valence-corrected chi connectivity index (χ3v) is 5.23. The molecule has 1 aromatic carbocycles. The summed E-state index contributed by atoms with van der Waals surface area (Å²) in [4.78, 5) is 11.4. The molecule has 1 atom stereocenters. The van der Waals surface area contributed by atoms with E-state index < -0.39 is 11.9 Å². The molecular formula is C19H30O3. The van der Waals surface area contributed by atoms with Gasteiger partial charge in [-0.05, 0) is 36.2 Å². The van der Waals surface area contributed by atoms with E-state index in [0.29, 0.717) is 5.75 Å². The van der Waals surface area contributed by atoms with Gasteiger partial charge in [0.25, 0.3) is 0 Å². The summed E-state index contributed by atoms with van der Waals surface area (Å²) in [6.45, 7) is 14.2. The molecule has 1 aromatic rings. The van der Waals surface area contributed by atoms with Gasteiger partial charge in [-0.3, -0.25) is 4.79 Å². The minimum atomic E-state index is -0.841. The summed E-state index contributed by atoms with van der Waals surface area (Å²) in [6.07, 6.45) is 1.74. The minimum Gasteiger partial charge on any atom is -0.507 e. The number of aliphatic carboxylic acids is 1. The zero-order chi connectivity index (χ0) is 17.3. The lowest BCUT2D eigenvalue weighted by Gasteiger charge is -2.31. The second kappa shape index (κ2) is 6.31. The van der Waals surface area contributed by atoms with Gasteiger partial charge in [0.2, 0.25) is 0 Å². The molecule has 1 unspecified atom stereocenters. The number of rotatable bonds is 6. The maximum atomic E-state index is 11.4. The Morgan fingerprint density at radius 2 is 1.41 bits per heavy atom. The fourth-order valence-electron chi connectivity index (χ4n) is 2.46. The molecular weight excluding hydrogens is 276 g/mol. The van der Waals surface area contributed by atoms with E-state index in [0.717, 1.165) is 29.5 Å². The molecule has 0 saturated carbocycles. The lowest BCUT2D eigenvalue weighted by atomic mass is 9.74. The van der Waals surface area contributed by atoms with Crippen LogP contribution in [-0.2, 0) is 15.6 Å². The molecule has 1 rings (SSSR count). The highest BCUT2D eigenvalue weighted by molar-refractivity contribution is 5.76. The van der Waals surface area contributed by atoms with Crippen LogP contribution in [0.5, 0.6) is 5.75 Å². The molecule has 0 aliphatic rings. The molecule has 0 radical (unpaired) electrons. The van der Waals surface area contributed by atoms with E-state index in [4.69, 9.17) is 0 Å². The van der Waals surface area contributed by atoms with Gasteiger partial charge in [-0.2, -0.15) is 0 Å². The van der Waals surface area contributed by atoms with Crippen LogP contribution in [0, 0.1) is 0 Å². The van der Waals surface area contributed by atoms with Crippen molar-refractivity contribution >= 4 is 5.97 Å². The lowest BCUT2D eigenvalue weighted by Crippen LogP contribution is -2.22. The monoisotopic (exact) mass is 306 g/mol. The highest BCUT2D eigenvalue weighted by atomic mass is 16.4. The fourth-order valence-corrected chi connectivity index (χ4v) is 2.46. The average Bonchev–Trinajstić information content (AvgIpc) is 2.46. The first-order valence-electron chi connectivity index (χ1n) is 8.08. The largest absolute Gasteiger partial charge is 0.507 e. The van der Waals surface area contributed by atoms with Crippen molar-refractivity contribution in [3.63, 3.8) is 0 Å². The topological polar surface area (TPSA) is 57.5 Å². The Balaban J connectivity index is 3.68. The Kier molecular flexibility index (Phi) is 5.32. The van der Waals surface area contributed by atoms with Crippen molar-refractivity contribution in [3.8, 4) is 5.75 Å². The number of carboxylic acid groups (broad SMARTS) is 1. The highest BCUT2D eigenvalue weighted by Crippen LogP contribution is 2.43. The number of phenolic OH excluding ortho intramolecular Hbond substituents is 1. The van der Waals surface area contributed by atoms with Crippen molar-refractivity contribution in [1.82, 2.24) is 0 Å². The highest BCUT2D eigenvalue weighted by Gasteiger charge is 2.31. The summed E-state index contributed by atoms with van der Waals surface area (Å²) in [5, 5.41) is 20.2. The normalized spacial score (nSPS) is 14.0. The summed E-state index contributed by atoms with van der Waals surface area (Å²) in [5.41, 5.74) is 2.06. The number of aromatic hydroxyl groups is 1. The average molecular weight is 306 g/mol. The van der Waals surface area contributed by atoms with Gasteiger partial charge < -0.3 is 10.2 Å². The number of phenols is 1. The van der Waals surface area contributed by atoms with Crippen LogP contribution in [0.25, 0.3) is 0 Å². The number of carboxylic acids is 1. The zero-order valence-electron chi connectivity index (χ0n) is 14.9. The molecule has 2 N–H and O–H groups in total. The number of hydrogen-bond acceptors (Lipinski definition) is 2. The van der Waals surface area contributed by atoms with E-state index in [1.54, 1.807) is 6.92 Å². The number of carbonyl (C=O) groups is 1. The summed E-state index contributed by atoms with van der Waals surface area (Å²) in [7, 11) is 0. The second-order valence-corrected chi connectivity index (χ2v) is 7.50. The minimum absolute atomic E-state index is 0.198. The number of hydrogen-bond donors (Lipinski definition) is 2. The number of benzene rings is 1.